The van der Waals surface area contributed by atoms with Crippen molar-refractivity contribution in [1.29, 1.82) is 0 Å². The highest BCUT2D eigenvalue weighted by atomic mass is 32.1. The number of carbonyl (C=O) groups is 2. The second kappa shape index (κ2) is 10.1. The van der Waals surface area contributed by atoms with E-state index in [0.29, 0.717) is 18.8 Å². The van der Waals surface area contributed by atoms with Crippen LogP contribution in [0, 0.1) is 13.8 Å². The molecule has 0 aliphatic carbocycles. The van der Waals surface area contributed by atoms with E-state index in [1.54, 1.807) is 10.3 Å². The molecule has 0 radical (unpaired) electrons. The van der Waals surface area contributed by atoms with Gasteiger partial charge in [-0.05, 0) is 43.9 Å². The normalized spacial score (nSPS) is 15.5. The fourth-order valence-electron chi connectivity index (χ4n) is 3.75. The molecule has 2 heterocycles. The number of carbonyl (C=O) groups excluding carboxylic acids is 2. The Balaban J connectivity index is 1.51. The first-order valence-electron chi connectivity index (χ1n) is 10.8. The van der Waals surface area contributed by atoms with Crippen LogP contribution in [0.15, 0.2) is 53.9 Å². The van der Waals surface area contributed by atoms with Gasteiger partial charge in [0.25, 0.3) is 5.91 Å². The minimum Gasteiger partial charge on any atom is -0.376 e. The summed E-state index contributed by atoms with van der Waals surface area (Å²) in [6, 6.07) is 15.6. The largest absolute Gasteiger partial charge is 0.376 e. The predicted molar refractivity (Wildman–Crippen MR) is 127 cm³/mol. The van der Waals surface area contributed by atoms with Crippen LogP contribution in [0.5, 0.6) is 0 Å². The van der Waals surface area contributed by atoms with Crippen molar-refractivity contribution in [2.75, 3.05) is 25.0 Å². The van der Waals surface area contributed by atoms with Gasteiger partial charge >= 0.3 is 0 Å². The molecule has 0 spiro atoms. The Kier molecular flexibility index (Phi) is 6.97. The number of amides is 2. The number of nitrogens with zero attached hydrogens (tertiary/aromatic N) is 2. The summed E-state index contributed by atoms with van der Waals surface area (Å²) in [7, 11) is 0. The van der Waals surface area contributed by atoms with E-state index in [0.717, 1.165) is 40.2 Å². The molecule has 32 heavy (non-hydrogen) atoms. The highest BCUT2D eigenvalue weighted by Gasteiger charge is 2.27. The summed E-state index contributed by atoms with van der Waals surface area (Å²) in [6.07, 6.45) is 1.80. The number of hydrogen-bond acceptors (Lipinski definition) is 5. The molecule has 1 atom stereocenters. The van der Waals surface area contributed by atoms with Crippen molar-refractivity contribution in [3.05, 3.63) is 70.7 Å². The van der Waals surface area contributed by atoms with Gasteiger partial charge in [0.05, 0.1) is 6.10 Å². The summed E-state index contributed by atoms with van der Waals surface area (Å²) in [5, 5.41) is 5.50. The Labute approximate surface area is 192 Å². The number of thiazole rings is 1. The molecule has 6 nitrogen and oxygen atoms in total. The van der Waals surface area contributed by atoms with E-state index in [9.17, 15) is 9.59 Å². The Morgan fingerprint density at radius 2 is 1.97 bits per heavy atom. The summed E-state index contributed by atoms with van der Waals surface area (Å²) in [5.74, 6) is -0.487. The molecule has 7 heteroatoms. The smallest absolute Gasteiger partial charge is 0.273 e. The fraction of sp³-hybridized carbons (Fsp3) is 0.320. The monoisotopic (exact) mass is 449 g/mol. The van der Waals surface area contributed by atoms with Gasteiger partial charge in [0, 0.05) is 29.8 Å². The number of hydrogen-bond donors (Lipinski definition) is 1. The van der Waals surface area contributed by atoms with Gasteiger partial charge < -0.3 is 15.0 Å². The van der Waals surface area contributed by atoms with Crippen molar-refractivity contribution in [2.45, 2.75) is 32.8 Å². The van der Waals surface area contributed by atoms with Gasteiger partial charge in [0.1, 0.15) is 17.2 Å². The van der Waals surface area contributed by atoms with E-state index < -0.39 is 0 Å². The molecule has 1 N–H and O–H groups in total. The molecule has 1 fully saturated rings. The van der Waals surface area contributed by atoms with Crippen LogP contribution in [0.25, 0.3) is 10.6 Å². The summed E-state index contributed by atoms with van der Waals surface area (Å²) in [4.78, 5) is 32.3. The zero-order valence-electron chi connectivity index (χ0n) is 18.3. The molecule has 1 saturated heterocycles. The average Bonchev–Trinajstić information content (AvgIpc) is 3.49. The van der Waals surface area contributed by atoms with E-state index in [-0.39, 0.29) is 24.5 Å². The standard InChI is InChI=1S/C25H27N3O3S/c1-17-8-6-12-21(18(17)2)26-23(29)15-28(14-20-11-7-13-31-20)25(30)22-16-32-24(27-22)19-9-4-3-5-10-19/h3-6,8-10,12,16,20H,7,11,13-15H2,1-2H3,(H,26,29). The third-order valence-electron chi connectivity index (χ3n) is 5.69. The molecule has 2 amide bonds. The van der Waals surface area contributed by atoms with E-state index >= 15 is 0 Å². The predicted octanol–water partition coefficient (Wildman–Crippen LogP) is 4.69. The van der Waals surface area contributed by atoms with Crippen LogP contribution in [0.1, 0.15) is 34.5 Å². The van der Waals surface area contributed by atoms with E-state index in [2.05, 4.69) is 10.3 Å². The van der Waals surface area contributed by atoms with E-state index in [1.807, 2.05) is 62.4 Å². The molecule has 3 aromatic rings. The van der Waals surface area contributed by atoms with Gasteiger partial charge in [-0.1, -0.05) is 42.5 Å². The summed E-state index contributed by atoms with van der Waals surface area (Å²) in [5.41, 5.74) is 4.21. The van der Waals surface area contributed by atoms with Crippen molar-refractivity contribution in [2.24, 2.45) is 0 Å². The third kappa shape index (κ3) is 5.23. The lowest BCUT2D eigenvalue weighted by molar-refractivity contribution is -0.117. The Hall–Kier alpha value is -3.03. The second-order valence-corrected chi connectivity index (χ2v) is 8.88. The number of ether oxygens (including phenoxy) is 1. The van der Waals surface area contributed by atoms with Crippen molar-refractivity contribution >= 4 is 28.8 Å². The highest BCUT2D eigenvalue weighted by molar-refractivity contribution is 7.13. The molecule has 1 unspecified atom stereocenters. The first kappa shape index (κ1) is 22.2. The Morgan fingerprint density at radius 3 is 2.72 bits per heavy atom. The van der Waals surface area contributed by atoms with Crippen LogP contribution in [0.4, 0.5) is 5.69 Å². The van der Waals surface area contributed by atoms with Gasteiger partial charge in [0.15, 0.2) is 0 Å². The van der Waals surface area contributed by atoms with E-state index in [1.165, 1.54) is 11.3 Å². The SMILES string of the molecule is Cc1cccc(NC(=O)CN(CC2CCCO2)C(=O)c2csc(-c3ccccc3)n2)c1C. The lowest BCUT2D eigenvalue weighted by Gasteiger charge is -2.24. The molecule has 1 aliphatic heterocycles. The number of anilines is 1. The Bertz CT molecular complexity index is 1090. The number of aromatic nitrogens is 1. The molecule has 0 saturated carbocycles. The lowest BCUT2D eigenvalue weighted by atomic mass is 10.1. The maximum absolute atomic E-state index is 13.3. The zero-order chi connectivity index (χ0) is 22.5. The summed E-state index contributed by atoms with van der Waals surface area (Å²) >= 11 is 1.43. The molecular formula is C25H27N3O3S. The fourth-order valence-corrected chi connectivity index (χ4v) is 4.55. The molecule has 0 bridgehead atoms. The summed E-state index contributed by atoms with van der Waals surface area (Å²) in [6.45, 7) is 4.99. The first-order valence-corrected chi connectivity index (χ1v) is 11.7. The van der Waals surface area contributed by atoms with Gasteiger partial charge in [-0.2, -0.15) is 0 Å². The van der Waals surface area contributed by atoms with Gasteiger partial charge in [-0.25, -0.2) is 4.98 Å². The van der Waals surface area contributed by atoms with Crippen LogP contribution in [0.3, 0.4) is 0 Å². The minimum absolute atomic E-state index is 0.0513. The zero-order valence-corrected chi connectivity index (χ0v) is 19.2. The van der Waals surface area contributed by atoms with Crippen LogP contribution >= 0.6 is 11.3 Å². The van der Waals surface area contributed by atoms with Crippen molar-refractivity contribution in [3.8, 4) is 10.6 Å². The topological polar surface area (TPSA) is 71.5 Å². The molecule has 166 valence electrons. The quantitative estimate of drug-likeness (QED) is 0.568. The van der Waals surface area contributed by atoms with Crippen molar-refractivity contribution in [3.63, 3.8) is 0 Å². The van der Waals surface area contributed by atoms with Crippen LogP contribution in [-0.4, -0.2) is 47.5 Å². The molecule has 2 aromatic carbocycles. The van der Waals surface area contributed by atoms with Crippen LogP contribution in [-0.2, 0) is 9.53 Å². The lowest BCUT2D eigenvalue weighted by Crippen LogP contribution is -2.42. The number of benzene rings is 2. The first-order chi connectivity index (χ1) is 15.5. The molecule has 1 aliphatic rings. The Morgan fingerprint density at radius 1 is 1.16 bits per heavy atom. The average molecular weight is 450 g/mol. The molecular weight excluding hydrogens is 422 g/mol. The number of rotatable bonds is 7. The number of nitrogens with one attached hydrogen (secondary N) is 1. The molecule has 1 aromatic heterocycles. The summed E-state index contributed by atoms with van der Waals surface area (Å²) < 4.78 is 5.74. The number of aryl methyl sites for hydroxylation is 1. The highest BCUT2D eigenvalue weighted by Crippen LogP contribution is 2.25. The van der Waals surface area contributed by atoms with Gasteiger partial charge in [-0.15, -0.1) is 11.3 Å². The van der Waals surface area contributed by atoms with Crippen molar-refractivity contribution in [1.82, 2.24) is 9.88 Å². The van der Waals surface area contributed by atoms with Crippen LogP contribution < -0.4 is 5.32 Å². The third-order valence-corrected chi connectivity index (χ3v) is 6.58. The molecule has 4 rings (SSSR count). The second-order valence-electron chi connectivity index (χ2n) is 8.02. The van der Waals surface area contributed by atoms with Gasteiger partial charge in [0.2, 0.25) is 5.91 Å². The van der Waals surface area contributed by atoms with Crippen molar-refractivity contribution < 1.29 is 14.3 Å². The maximum Gasteiger partial charge on any atom is 0.273 e. The maximum atomic E-state index is 13.3. The van der Waals surface area contributed by atoms with E-state index in [4.69, 9.17) is 4.74 Å². The van der Waals surface area contributed by atoms with Crippen LogP contribution in [0.2, 0.25) is 0 Å². The van der Waals surface area contributed by atoms with Gasteiger partial charge in [-0.3, -0.25) is 9.59 Å². The minimum atomic E-state index is -0.255.